The number of fused-ring (bicyclic) bond motifs is 1. The predicted molar refractivity (Wildman–Crippen MR) is 91.5 cm³/mol. The Morgan fingerprint density at radius 1 is 1.21 bits per heavy atom. The van der Waals surface area contributed by atoms with Crippen LogP contribution in [0.5, 0.6) is 0 Å². The van der Waals surface area contributed by atoms with Crippen LogP contribution in [0.3, 0.4) is 0 Å². The van der Waals surface area contributed by atoms with Crippen LogP contribution in [0.15, 0.2) is 65.6 Å². The molecule has 0 saturated heterocycles. The Morgan fingerprint density at radius 2 is 2.00 bits per heavy atom. The average molecular weight is 320 g/mol. The second-order valence-corrected chi connectivity index (χ2v) is 5.37. The van der Waals surface area contributed by atoms with Crippen molar-refractivity contribution in [3.8, 4) is 0 Å². The van der Waals surface area contributed by atoms with E-state index < -0.39 is 5.97 Å². The van der Waals surface area contributed by atoms with E-state index in [4.69, 9.17) is 4.74 Å². The Hall–Kier alpha value is -3.21. The number of pyridine rings is 1. The molecule has 0 saturated carbocycles. The van der Waals surface area contributed by atoms with Gasteiger partial charge in [-0.05, 0) is 30.2 Å². The van der Waals surface area contributed by atoms with Crippen molar-refractivity contribution in [2.24, 2.45) is 0 Å². The molecule has 0 radical (unpaired) electrons. The van der Waals surface area contributed by atoms with E-state index in [0.29, 0.717) is 11.3 Å². The van der Waals surface area contributed by atoms with E-state index in [-0.39, 0.29) is 12.2 Å². The van der Waals surface area contributed by atoms with Crippen LogP contribution in [0.4, 0.5) is 0 Å². The summed E-state index contributed by atoms with van der Waals surface area (Å²) in [4.78, 5) is 28.2. The molecule has 2 heterocycles. The molecular formula is C19H16N2O3. The van der Waals surface area contributed by atoms with Crippen molar-refractivity contribution in [3.05, 3.63) is 88.0 Å². The van der Waals surface area contributed by atoms with Gasteiger partial charge in [0.05, 0.1) is 5.69 Å². The van der Waals surface area contributed by atoms with E-state index in [2.05, 4.69) is 4.98 Å². The molecule has 0 bridgehead atoms. The Kier molecular flexibility index (Phi) is 4.52. The minimum absolute atomic E-state index is 0.0441. The zero-order valence-corrected chi connectivity index (χ0v) is 13.2. The van der Waals surface area contributed by atoms with Crippen molar-refractivity contribution in [3.63, 3.8) is 0 Å². The number of hydrogen-bond donors (Lipinski definition) is 0. The largest absolute Gasteiger partial charge is 0.456 e. The first kappa shape index (κ1) is 15.7. The Labute approximate surface area is 138 Å². The van der Waals surface area contributed by atoms with Gasteiger partial charge in [-0.1, -0.05) is 36.4 Å². The van der Waals surface area contributed by atoms with E-state index in [9.17, 15) is 9.59 Å². The number of rotatable bonds is 4. The molecule has 0 N–H and O–H groups in total. The number of hydrogen-bond acceptors (Lipinski definition) is 4. The summed E-state index contributed by atoms with van der Waals surface area (Å²) in [5.41, 5.74) is 2.63. The van der Waals surface area contributed by atoms with Gasteiger partial charge in [0, 0.05) is 18.3 Å². The maximum atomic E-state index is 12.1. The van der Waals surface area contributed by atoms with E-state index >= 15 is 0 Å². The van der Waals surface area contributed by atoms with Gasteiger partial charge in [0.15, 0.2) is 0 Å². The van der Waals surface area contributed by atoms with Crippen molar-refractivity contribution in [2.45, 2.75) is 13.5 Å². The van der Waals surface area contributed by atoms with Crippen molar-refractivity contribution < 1.29 is 9.53 Å². The molecule has 3 rings (SSSR count). The zero-order valence-electron chi connectivity index (χ0n) is 13.2. The maximum Gasteiger partial charge on any atom is 0.331 e. The first-order valence-electron chi connectivity index (χ1n) is 7.51. The van der Waals surface area contributed by atoms with Gasteiger partial charge in [0.1, 0.15) is 12.3 Å². The lowest BCUT2D eigenvalue weighted by Gasteiger charge is -2.05. The Morgan fingerprint density at radius 3 is 2.79 bits per heavy atom. The van der Waals surface area contributed by atoms with Crippen molar-refractivity contribution in [1.82, 2.24) is 9.38 Å². The molecule has 1 aromatic carbocycles. The van der Waals surface area contributed by atoms with Crippen LogP contribution in [0, 0.1) is 6.92 Å². The minimum atomic E-state index is -0.482. The van der Waals surface area contributed by atoms with Crippen LogP contribution in [0.2, 0.25) is 0 Å². The van der Waals surface area contributed by atoms with Gasteiger partial charge in [-0.3, -0.25) is 9.20 Å². The van der Waals surface area contributed by atoms with Crippen LogP contribution < -0.4 is 5.56 Å². The third kappa shape index (κ3) is 3.76. The molecule has 120 valence electrons. The highest BCUT2D eigenvalue weighted by Crippen LogP contribution is 2.05. The van der Waals surface area contributed by atoms with Crippen LogP contribution >= 0.6 is 0 Å². The van der Waals surface area contributed by atoms with Gasteiger partial charge in [0.2, 0.25) is 0 Å². The molecule has 24 heavy (non-hydrogen) atoms. The van der Waals surface area contributed by atoms with Crippen molar-refractivity contribution in [2.75, 3.05) is 0 Å². The molecule has 0 aliphatic heterocycles. The standard InChI is InChI=1S/C19H16N2O3/c1-14-7-9-17-20-16(11-18(22)21(17)12-14)13-24-19(23)10-8-15-5-3-2-4-6-15/h2-12H,13H2,1H3. The fourth-order valence-corrected chi connectivity index (χ4v) is 2.25. The van der Waals surface area contributed by atoms with Gasteiger partial charge in [-0.25, -0.2) is 9.78 Å². The van der Waals surface area contributed by atoms with Gasteiger partial charge >= 0.3 is 5.97 Å². The highest BCUT2D eigenvalue weighted by atomic mass is 16.5. The van der Waals surface area contributed by atoms with E-state index in [0.717, 1.165) is 11.1 Å². The molecule has 3 aromatic rings. The Bertz CT molecular complexity index is 959. The number of ether oxygens (including phenoxy) is 1. The summed E-state index contributed by atoms with van der Waals surface area (Å²) in [5, 5.41) is 0. The monoisotopic (exact) mass is 320 g/mol. The van der Waals surface area contributed by atoms with Gasteiger partial charge in [-0.15, -0.1) is 0 Å². The number of carbonyl (C=O) groups is 1. The zero-order chi connectivity index (χ0) is 16.9. The molecule has 0 unspecified atom stereocenters. The maximum absolute atomic E-state index is 12.1. The average Bonchev–Trinajstić information content (AvgIpc) is 2.60. The number of esters is 1. The summed E-state index contributed by atoms with van der Waals surface area (Å²) < 4.78 is 6.61. The summed E-state index contributed by atoms with van der Waals surface area (Å²) in [5.74, 6) is -0.482. The summed E-state index contributed by atoms with van der Waals surface area (Å²) >= 11 is 0. The van der Waals surface area contributed by atoms with Gasteiger partial charge in [-0.2, -0.15) is 0 Å². The Balaban J connectivity index is 1.69. The third-order valence-corrected chi connectivity index (χ3v) is 3.43. The van der Waals surface area contributed by atoms with Crippen LogP contribution in [-0.2, 0) is 16.1 Å². The van der Waals surface area contributed by atoms with Crippen LogP contribution in [0.1, 0.15) is 16.8 Å². The highest BCUT2D eigenvalue weighted by Gasteiger charge is 2.05. The number of aromatic nitrogens is 2. The first-order chi connectivity index (χ1) is 11.6. The third-order valence-electron chi connectivity index (χ3n) is 3.43. The van der Waals surface area contributed by atoms with Gasteiger partial charge in [0.25, 0.3) is 5.56 Å². The number of benzene rings is 1. The summed E-state index contributed by atoms with van der Waals surface area (Å²) in [6, 6.07) is 14.5. The molecule has 0 spiro atoms. The lowest BCUT2D eigenvalue weighted by atomic mass is 10.2. The number of carbonyl (C=O) groups excluding carboxylic acids is 1. The summed E-state index contributed by atoms with van der Waals surface area (Å²) in [6.07, 6.45) is 4.75. The van der Waals surface area contributed by atoms with Crippen molar-refractivity contribution in [1.29, 1.82) is 0 Å². The molecular weight excluding hydrogens is 304 g/mol. The SMILES string of the molecule is Cc1ccc2nc(COC(=O)C=Cc3ccccc3)cc(=O)n2c1. The molecule has 5 nitrogen and oxygen atoms in total. The smallest absolute Gasteiger partial charge is 0.331 e. The summed E-state index contributed by atoms with van der Waals surface area (Å²) in [6.45, 7) is 1.86. The second-order valence-electron chi connectivity index (χ2n) is 5.37. The predicted octanol–water partition coefficient (Wildman–Crippen LogP) is 2.76. The highest BCUT2D eigenvalue weighted by molar-refractivity contribution is 5.86. The lowest BCUT2D eigenvalue weighted by Crippen LogP contribution is -2.16. The van der Waals surface area contributed by atoms with Crippen molar-refractivity contribution >= 4 is 17.7 Å². The normalized spacial score (nSPS) is 11.0. The molecule has 0 amide bonds. The fourth-order valence-electron chi connectivity index (χ4n) is 2.25. The second kappa shape index (κ2) is 6.91. The summed E-state index contributed by atoms with van der Waals surface area (Å²) in [7, 11) is 0. The molecule has 0 aliphatic carbocycles. The molecule has 0 aliphatic rings. The topological polar surface area (TPSA) is 60.7 Å². The van der Waals surface area contributed by atoms with E-state index in [1.807, 2.05) is 43.3 Å². The molecule has 2 aromatic heterocycles. The molecule has 0 atom stereocenters. The van der Waals surface area contributed by atoms with E-state index in [1.165, 1.54) is 16.5 Å². The number of nitrogens with zero attached hydrogens (tertiary/aromatic N) is 2. The number of aryl methyl sites for hydroxylation is 1. The van der Waals surface area contributed by atoms with Crippen LogP contribution in [0.25, 0.3) is 11.7 Å². The van der Waals surface area contributed by atoms with E-state index in [1.54, 1.807) is 18.3 Å². The molecule has 5 heteroatoms. The first-order valence-corrected chi connectivity index (χ1v) is 7.51. The lowest BCUT2D eigenvalue weighted by molar-refractivity contribution is -0.139. The van der Waals surface area contributed by atoms with Gasteiger partial charge < -0.3 is 4.74 Å². The van der Waals surface area contributed by atoms with Crippen LogP contribution in [-0.4, -0.2) is 15.4 Å². The quantitative estimate of drug-likeness (QED) is 0.548. The molecule has 0 fully saturated rings. The fraction of sp³-hybridized carbons (Fsp3) is 0.105. The minimum Gasteiger partial charge on any atom is -0.456 e.